The highest BCUT2D eigenvalue weighted by Crippen LogP contribution is 2.32. The molecule has 2 aromatic carbocycles. The van der Waals surface area contributed by atoms with Crippen molar-refractivity contribution in [3.05, 3.63) is 48.5 Å². The van der Waals surface area contributed by atoms with Crippen LogP contribution in [-0.4, -0.2) is 53.1 Å². The fourth-order valence-electron chi connectivity index (χ4n) is 3.49. The maximum absolute atomic E-state index is 13.5. The third kappa shape index (κ3) is 4.70. The molecule has 1 fully saturated rings. The molecule has 0 saturated carbocycles. The van der Waals surface area contributed by atoms with Gasteiger partial charge in [-0.05, 0) is 43.0 Å². The number of methoxy groups -OCH3 is 2. The molecule has 1 aliphatic rings. The van der Waals surface area contributed by atoms with Gasteiger partial charge < -0.3 is 14.4 Å². The van der Waals surface area contributed by atoms with Crippen LogP contribution in [0.3, 0.4) is 0 Å². The normalized spacial score (nSPS) is 15.0. The van der Waals surface area contributed by atoms with Crippen LogP contribution in [0.1, 0.15) is 19.8 Å². The Balaban J connectivity index is 1.95. The van der Waals surface area contributed by atoms with Crippen molar-refractivity contribution in [1.29, 1.82) is 0 Å². The first-order valence-electron chi connectivity index (χ1n) is 9.94. The predicted octanol–water partition coefficient (Wildman–Crippen LogP) is 3.16. The fraction of sp³-hybridized carbons (Fsp3) is 0.409. The zero-order valence-corrected chi connectivity index (χ0v) is 18.4. The van der Waals surface area contributed by atoms with Gasteiger partial charge in [0.1, 0.15) is 6.54 Å². The SMILES string of the molecule is COc1ccc(S(=O)(=O)N(CC(=O)N2CCC(C)CC2)c2ccccc2)cc1OC. The zero-order chi connectivity index (χ0) is 21.7. The molecule has 0 unspecified atom stereocenters. The van der Waals surface area contributed by atoms with E-state index in [0.29, 0.717) is 36.2 Å². The molecule has 0 bridgehead atoms. The van der Waals surface area contributed by atoms with E-state index in [0.717, 1.165) is 17.1 Å². The molecule has 1 heterocycles. The molecule has 1 amide bonds. The van der Waals surface area contributed by atoms with E-state index in [4.69, 9.17) is 9.47 Å². The summed E-state index contributed by atoms with van der Waals surface area (Å²) in [7, 11) is -1.07. The van der Waals surface area contributed by atoms with E-state index < -0.39 is 10.0 Å². The molecule has 0 atom stereocenters. The molecule has 1 saturated heterocycles. The molecule has 30 heavy (non-hydrogen) atoms. The van der Waals surface area contributed by atoms with Crippen LogP contribution in [-0.2, 0) is 14.8 Å². The van der Waals surface area contributed by atoms with Gasteiger partial charge in [0.25, 0.3) is 10.0 Å². The van der Waals surface area contributed by atoms with Crippen LogP contribution in [0.2, 0.25) is 0 Å². The fourth-order valence-corrected chi connectivity index (χ4v) is 4.92. The number of para-hydroxylation sites is 1. The lowest BCUT2D eigenvalue weighted by atomic mass is 9.99. The van der Waals surface area contributed by atoms with Gasteiger partial charge >= 0.3 is 0 Å². The van der Waals surface area contributed by atoms with Crippen LogP contribution in [0, 0.1) is 5.92 Å². The number of carbonyl (C=O) groups is 1. The number of nitrogens with zero attached hydrogens (tertiary/aromatic N) is 2. The summed E-state index contributed by atoms with van der Waals surface area (Å²) in [5, 5.41) is 0. The number of amides is 1. The highest BCUT2D eigenvalue weighted by Gasteiger charge is 2.30. The number of sulfonamides is 1. The standard InChI is InChI=1S/C22H28N2O5S/c1-17-11-13-23(14-12-17)22(25)16-24(18-7-5-4-6-8-18)30(26,27)19-9-10-20(28-2)21(15-19)29-3/h4-10,15,17H,11-14,16H2,1-3H3. The second kappa shape index (κ2) is 9.38. The molecule has 0 N–H and O–H groups in total. The first-order valence-corrected chi connectivity index (χ1v) is 11.4. The summed E-state index contributed by atoms with van der Waals surface area (Å²) < 4.78 is 38.7. The number of ether oxygens (including phenoxy) is 2. The minimum atomic E-state index is -4.01. The van der Waals surface area contributed by atoms with Crippen LogP contribution < -0.4 is 13.8 Å². The minimum absolute atomic E-state index is 0.0315. The quantitative estimate of drug-likeness (QED) is 0.672. The molecule has 2 aromatic rings. The second-order valence-electron chi connectivity index (χ2n) is 7.43. The molecule has 0 aliphatic carbocycles. The van der Waals surface area contributed by atoms with Gasteiger partial charge in [0, 0.05) is 19.2 Å². The van der Waals surface area contributed by atoms with Gasteiger partial charge in [-0.15, -0.1) is 0 Å². The number of carbonyl (C=O) groups excluding carboxylic acids is 1. The molecular formula is C22H28N2O5S. The lowest BCUT2D eigenvalue weighted by Gasteiger charge is -2.32. The van der Waals surface area contributed by atoms with Gasteiger partial charge in [0.15, 0.2) is 11.5 Å². The van der Waals surface area contributed by atoms with Gasteiger partial charge in [-0.25, -0.2) is 8.42 Å². The zero-order valence-electron chi connectivity index (χ0n) is 17.6. The van der Waals surface area contributed by atoms with Crippen LogP contribution in [0.25, 0.3) is 0 Å². The smallest absolute Gasteiger partial charge is 0.264 e. The molecule has 3 rings (SSSR count). The van der Waals surface area contributed by atoms with Gasteiger partial charge in [0.05, 0.1) is 24.8 Å². The number of rotatable bonds is 7. The Morgan fingerprint density at radius 3 is 2.27 bits per heavy atom. The summed E-state index contributed by atoms with van der Waals surface area (Å²) in [6, 6.07) is 13.1. The summed E-state index contributed by atoms with van der Waals surface area (Å²) >= 11 is 0. The average molecular weight is 433 g/mol. The van der Waals surface area contributed by atoms with E-state index in [2.05, 4.69) is 6.92 Å². The van der Waals surface area contributed by atoms with Gasteiger partial charge in [0.2, 0.25) is 5.91 Å². The summed E-state index contributed by atoms with van der Waals surface area (Å²) in [5.74, 6) is 1.12. The molecule has 0 radical (unpaired) electrons. The number of anilines is 1. The first kappa shape index (κ1) is 22.0. The molecular weight excluding hydrogens is 404 g/mol. The number of hydrogen-bond acceptors (Lipinski definition) is 5. The summed E-state index contributed by atoms with van der Waals surface area (Å²) in [6.07, 6.45) is 1.86. The van der Waals surface area contributed by atoms with Crippen molar-refractivity contribution in [2.75, 3.05) is 38.2 Å². The third-order valence-corrected chi connectivity index (χ3v) is 7.17. The van der Waals surface area contributed by atoms with E-state index in [9.17, 15) is 13.2 Å². The lowest BCUT2D eigenvalue weighted by molar-refractivity contribution is -0.130. The van der Waals surface area contributed by atoms with E-state index in [1.165, 1.54) is 26.4 Å². The van der Waals surface area contributed by atoms with Crippen molar-refractivity contribution >= 4 is 21.6 Å². The predicted molar refractivity (Wildman–Crippen MR) is 115 cm³/mol. The van der Waals surface area contributed by atoms with Gasteiger partial charge in [-0.3, -0.25) is 9.10 Å². The Labute approximate surface area is 178 Å². The van der Waals surface area contributed by atoms with Crippen molar-refractivity contribution in [3.63, 3.8) is 0 Å². The number of likely N-dealkylation sites (tertiary alicyclic amines) is 1. The third-order valence-electron chi connectivity index (χ3n) is 5.40. The summed E-state index contributed by atoms with van der Waals surface area (Å²) in [4.78, 5) is 14.7. The van der Waals surface area contributed by atoms with Crippen LogP contribution in [0.15, 0.2) is 53.4 Å². The molecule has 7 nitrogen and oxygen atoms in total. The maximum atomic E-state index is 13.5. The highest BCUT2D eigenvalue weighted by molar-refractivity contribution is 7.92. The Morgan fingerprint density at radius 2 is 1.67 bits per heavy atom. The molecule has 0 spiro atoms. The lowest BCUT2D eigenvalue weighted by Crippen LogP contribution is -2.45. The first-order chi connectivity index (χ1) is 14.4. The van der Waals surface area contributed by atoms with Crippen LogP contribution in [0.5, 0.6) is 11.5 Å². The van der Waals surface area contributed by atoms with Gasteiger partial charge in [-0.2, -0.15) is 0 Å². The van der Waals surface area contributed by atoms with E-state index in [1.54, 1.807) is 41.3 Å². The average Bonchev–Trinajstić information content (AvgIpc) is 2.77. The van der Waals surface area contributed by atoms with Crippen molar-refractivity contribution < 1.29 is 22.7 Å². The highest BCUT2D eigenvalue weighted by atomic mass is 32.2. The molecule has 1 aliphatic heterocycles. The minimum Gasteiger partial charge on any atom is -0.493 e. The summed E-state index contributed by atoms with van der Waals surface area (Å²) in [6.45, 7) is 3.22. The van der Waals surface area contributed by atoms with Crippen molar-refractivity contribution in [2.24, 2.45) is 5.92 Å². The summed E-state index contributed by atoms with van der Waals surface area (Å²) in [5.41, 5.74) is 0.436. The second-order valence-corrected chi connectivity index (χ2v) is 9.29. The molecule has 8 heteroatoms. The monoisotopic (exact) mass is 432 g/mol. The van der Waals surface area contributed by atoms with Crippen molar-refractivity contribution in [2.45, 2.75) is 24.7 Å². The Kier molecular flexibility index (Phi) is 6.87. The topological polar surface area (TPSA) is 76.2 Å². The van der Waals surface area contributed by atoms with Crippen molar-refractivity contribution in [1.82, 2.24) is 4.90 Å². The van der Waals surface area contributed by atoms with Crippen LogP contribution in [0.4, 0.5) is 5.69 Å². The van der Waals surface area contributed by atoms with E-state index in [1.807, 2.05) is 0 Å². The van der Waals surface area contributed by atoms with Gasteiger partial charge in [-0.1, -0.05) is 25.1 Å². The number of benzene rings is 2. The van der Waals surface area contributed by atoms with E-state index in [-0.39, 0.29) is 17.3 Å². The Hall–Kier alpha value is -2.74. The van der Waals surface area contributed by atoms with E-state index >= 15 is 0 Å². The number of hydrogen-bond donors (Lipinski definition) is 0. The Morgan fingerprint density at radius 1 is 1.03 bits per heavy atom. The molecule has 0 aromatic heterocycles. The Bertz CT molecular complexity index is 970. The maximum Gasteiger partial charge on any atom is 0.264 e. The van der Waals surface area contributed by atoms with Crippen molar-refractivity contribution in [3.8, 4) is 11.5 Å². The number of piperidine rings is 1. The largest absolute Gasteiger partial charge is 0.493 e. The van der Waals surface area contributed by atoms with Crippen LogP contribution >= 0.6 is 0 Å². The molecule has 162 valence electrons.